The van der Waals surface area contributed by atoms with E-state index >= 15 is 0 Å². The summed E-state index contributed by atoms with van der Waals surface area (Å²) in [5, 5.41) is 0. The second kappa shape index (κ2) is 4.98. The molecule has 4 nitrogen and oxygen atoms in total. The average molecular weight is 210 g/mol. The first kappa shape index (κ1) is 11.8. The molecule has 1 rings (SSSR count). The van der Waals surface area contributed by atoms with Crippen LogP contribution in [0.15, 0.2) is 16.5 Å². The lowest BCUT2D eigenvalue weighted by Crippen LogP contribution is -2.28. The van der Waals surface area contributed by atoms with Crippen LogP contribution in [0.2, 0.25) is 0 Å². The summed E-state index contributed by atoms with van der Waals surface area (Å²) in [5.41, 5.74) is 10.8. The normalized spacial score (nSPS) is 14.9. The van der Waals surface area contributed by atoms with Crippen LogP contribution in [0.25, 0.3) is 0 Å². The Bertz CT molecular complexity index is 333. The van der Waals surface area contributed by atoms with Crippen LogP contribution < -0.4 is 11.5 Å². The molecule has 15 heavy (non-hydrogen) atoms. The Balaban J connectivity index is 2.48. The zero-order chi connectivity index (χ0) is 11.4. The van der Waals surface area contributed by atoms with Crippen molar-refractivity contribution in [1.29, 1.82) is 0 Å². The van der Waals surface area contributed by atoms with Crippen molar-refractivity contribution in [3.8, 4) is 0 Å². The summed E-state index contributed by atoms with van der Waals surface area (Å²) in [6.07, 6.45) is 0.930. The number of furan rings is 1. The van der Waals surface area contributed by atoms with Gasteiger partial charge in [-0.2, -0.15) is 0 Å². The van der Waals surface area contributed by atoms with Gasteiger partial charge in [0.2, 0.25) is 5.91 Å². The van der Waals surface area contributed by atoms with Crippen LogP contribution >= 0.6 is 0 Å². The van der Waals surface area contributed by atoms with Gasteiger partial charge in [-0.1, -0.05) is 6.92 Å². The maximum Gasteiger partial charge on any atom is 0.218 e. The largest absolute Gasteiger partial charge is 0.466 e. The fourth-order valence-corrected chi connectivity index (χ4v) is 1.63. The van der Waals surface area contributed by atoms with Crippen LogP contribution in [0.5, 0.6) is 0 Å². The average Bonchev–Trinajstić information content (AvgIpc) is 2.49. The molecule has 0 saturated heterocycles. The molecule has 1 aromatic heterocycles. The first-order valence-electron chi connectivity index (χ1n) is 5.09. The van der Waals surface area contributed by atoms with Crippen LogP contribution in [0.1, 0.15) is 37.2 Å². The number of nitrogens with two attached hydrogens (primary N) is 2. The third kappa shape index (κ3) is 3.75. The van der Waals surface area contributed by atoms with E-state index in [0.717, 1.165) is 11.5 Å². The van der Waals surface area contributed by atoms with Crippen LogP contribution in [-0.4, -0.2) is 11.9 Å². The molecule has 0 aliphatic rings. The third-order valence-corrected chi connectivity index (χ3v) is 2.37. The highest BCUT2D eigenvalue weighted by Gasteiger charge is 2.15. The summed E-state index contributed by atoms with van der Waals surface area (Å²) in [7, 11) is 0. The molecule has 4 N–H and O–H groups in total. The van der Waals surface area contributed by atoms with E-state index in [0.29, 0.717) is 6.42 Å². The lowest BCUT2D eigenvalue weighted by Gasteiger charge is -2.13. The smallest absolute Gasteiger partial charge is 0.218 e. The van der Waals surface area contributed by atoms with Gasteiger partial charge < -0.3 is 15.9 Å². The molecular formula is C11H18N2O2. The molecule has 84 valence electrons. The lowest BCUT2D eigenvalue weighted by atomic mass is 9.98. The zero-order valence-electron chi connectivity index (χ0n) is 9.19. The molecule has 2 atom stereocenters. The summed E-state index contributed by atoms with van der Waals surface area (Å²) in [4.78, 5) is 10.7. The van der Waals surface area contributed by atoms with E-state index in [1.165, 1.54) is 0 Å². The van der Waals surface area contributed by atoms with Crippen LogP contribution in [0.3, 0.4) is 0 Å². The lowest BCUT2D eigenvalue weighted by molar-refractivity contribution is -0.118. The van der Waals surface area contributed by atoms with Gasteiger partial charge in [-0.05, 0) is 25.5 Å². The van der Waals surface area contributed by atoms with E-state index in [9.17, 15) is 4.79 Å². The minimum Gasteiger partial charge on any atom is -0.466 e. The second-order valence-electron chi connectivity index (χ2n) is 4.02. The Morgan fingerprint density at radius 3 is 2.67 bits per heavy atom. The molecule has 1 aromatic rings. The molecular weight excluding hydrogens is 192 g/mol. The first-order chi connectivity index (χ1) is 6.99. The standard InChI is InChI=1S/C11H18N2O2/c1-7(5-9(12)6-11(13)14)10-4-3-8(2)15-10/h3-4,7,9H,5-6,12H2,1-2H3,(H2,13,14). The van der Waals surface area contributed by atoms with Gasteiger partial charge in [0.05, 0.1) is 0 Å². The fourth-order valence-electron chi connectivity index (χ4n) is 1.63. The first-order valence-corrected chi connectivity index (χ1v) is 5.09. The van der Waals surface area contributed by atoms with Crippen LogP contribution in [0, 0.1) is 6.92 Å². The monoisotopic (exact) mass is 210 g/mol. The SMILES string of the molecule is Cc1ccc(C(C)CC(N)CC(N)=O)o1. The molecule has 2 unspecified atom stereocenters. The number of primary amides is 1. The maximum atomic E-state index is 10.7. The van der Waals surface area contributed by atoms with Crippen molar-refractivity contribution in [2.24, 2.45) is 11.5 Å². The topological polar surface area (TPSA) is 82.2 Å². The van der Waals surface area contributed by atoms with Gasteiger partial charge in [0.25, 0.3) is 0 Å². The molecule has 0 aromatic carbocycles. The fraction of sp³-hybridized carbons (Fsp3) is 0.545. The Morgan fingerprint density at radius 2 is 2.20 bits per heavy atom. The van der Waals surface area contributed by atoms with E-state index < -0.39 is 0 Å². The highest BCUT2D eigenvalue weighted by molar-refractivity contribution is 5.74. The Labute approximate surface area is 89.6 Å². The van der Waals surface area contributed by atoms with Gasteiger partial charge in [-0.15, -0.1) is 0 Å². The van der Waals surface area contributed by atoms with Crippen molar-refractivity contribution < 1.29 is 9.21 Å². The van der Waals surface area contributed by atoms with Crippen molar-refractivity contribution in [3.05, 3.63) is 23.7 Å². The maximum absolute atomic E-state index is 10.7. The highest BCUT2D eigenvalue weighted by Crippen LogP contribution is 2.22. The predicted octanol–water partition coefficient (Wildman–Crippen LogP) is 1.28. The molecule has 4 heteroatoms. The molecule has 0 aliphatic heterocycles. The van der Waals surface area contributed by atoms with Gasteiger partial charge in [-0.3, -0.25) is 4.79 Å². The van der Waals surface area contributed by atoms with Gasteiger partial charge in [0.1, 0.15) is 11.5 Å². The molecule has 1 heterocycles. The minimum atomic E-state index is -0.356. The molecule has 0 spiro atoms. The number of aryl methyl sites for hydroxylation is 1. The number of carbonyl (C=O) groups excluding carboxylic acids is 1. The van der Waals surface area contributed by atoms with E-state index in [1.807, 2.05) is 26.0 Å². The minimum absolute atomic E-state index is 0.192. The van der Waals surface area contributed by atoms with Crippen molar-refractivity contribution in [2.75, 3.05) is 0 Å². The summed E-state index contributed by atoms with van der Waals surface area (Å²) in [5.74, 6) is 1.66. The quantitative estimate of drug-likeness (QED) is 0.768. The molecule has 0 aliphatic carbocycles. The summed E-state index contributed by atoms with van der Waals surface area (Å²) in [6, 6.07) is 3.67. The zero-order valence-corrected chi connectivity index (χ0v) is 9.19. The van der Waals surface area contributed by atoms with Gasteiger partial charge in [0, 0.05) is 18.4 Å². The summed E-state index contributed by atoms with van der Waals surface area (Å²) < 4.78 is 5.48. The van der Waals surface area contributed by atoms with E-state index in [1.54, 1.807) is 0 Å². The molecule has 1 amide bonds. The predicted molar refractivity (Wildman–Crippen MR) is 58.3 cm³/mol. The Kier molecular flexibility index (Phi) is 3.91. The second-order valence-corrected chi connectivity index (χ2v) is 4.02. The third-order valence-electron chi connectivity index (χ3n) is 2.37. The molecule has 0 radical (unpaired) electrons. The van der Waals surface area contributed by atoms with E-state index in [2.05, 4.69) is 0 Å². The molecule has 0 fully saturated rings. The number of carbonyl (C=O) groups is 1. The highest BCUT2D eigenvalue weighted by atomic mass is 16.3. The molecule has 0 saturated carbocycles. The number of hydrogen-bond acceptors (Lipinski definition) is 3. The van der Waals surface area contributed by atoms with Crippen LogP contribution in [-0.2, 0) is 4.79 Å². The van der Waals surface area contributed by atoms with Crippen molar-refractivity contribution in [2.45, 2.75) is 38.6 Å². The molecule has 0 bridgehead atoms. The van der Waals surface area contributed by atoms with Crippen molar-refractivity contribution >= 4 is 5.91 Å². The van der Waals surface area contributed by atoms with Gasteiger partial charge in [0.15, 0.2) is 0 Å². The van der Waals surface area contributed by atoms with E-state index in [4.69, 9.17) is 15.9 Å². The van der Waals surface area contributed by atoms with Gasteiger partial charge in [-0.25, -0.2) is 0 Å². The summed E-state index contributed by atoms with van der Waals surface area (Å²) >= 11 is 0. The Hall–Kier alpha value is -1.29. The van der Waals surface area contributed by atoms with Gasteiger partial charge >= 0.3 is 0 Å². The Morgan fingerprint density at radius 1 is 1.53 bits per heavy atom. The summed E-state index contributed by atoms with van der Waals surface area (Å²) in [6.45, 7) is 3.93. The van der Waals surface area contributed by atoms with Crippen molar-refractivity contribution in [3.63, 3.8) is 0 Å². The van der Waals surface area contributed by atoms with E-state index in [-0.39, 0.29) is 24.3 Å². The number of amides is 1. The number of rotatable bonds is 5. The van der Waals surface area contributed by atoms with Crippen LogP contribution in [0.4, 0.5) is 0 Å². The van der Waals surface area contributed by atoms with Crippen molar-refractivity contribution in [1.82, 2.24) is 0 Å². The number of hydrogen-bond donors (Lipinski definition) is 2.